The van der Waals surface area contributed by atoms with Crippen LogP contribution >= 0.6 is 0 Å². The molecule has 0 bridgehead atoms. The van der Waals surface area contributed by atoms with Crippen molar-refractivity contribution in [3.05, 3.63) is 17.8 Å². The van der Waals surface area contributed by atoms with Gasteiger partial charge in [-0.25, -0.2) is 4.98 Å². The van der Waals surface area contributed by atoms with Gasteiger partial charge in [-0.2, -0.15) is 0 Å². The lowest BCUT2D eigenvalue weighted by Gasteiger charge is -2.18. The van der Waals surface area contributed by atoms with Crippen LogP contribution in [0.3, 0.4) is 0 Å². The number of hydrogen-bond acceptors (Lipinski definition) is 5. The molecule has 5 N–H and O–H groups in total. The highest BCUT2D eigenvalue weighted by Gasteiger charge is 2.12. The third kappa shape index (κ3) is 4.21. The van der Waals surface area contributed by atoms with Crippen LogP contribution in [0.2, 0.25) is 0 Å². The lowest BCUT2D eigenvalue weighted by molar-refractivity contribution is 0.100. The van der Waals surface area contributed by atoms with Crippen molar-refractivity contribution in [2.24, 2.45) is 5.73 Å². The minimum absolute atomic E-state index is 0.196. The number of hydrogen-bond donors (Lipinski definition) is 3. The lowest BCUT2D eigenvalue weighted by atomic mass is 10.2. The quantitative estimate of drug-likeness (QED) is 0.684. The number of nitrogen functional groups attached to an aromatic ring is 1. The number of primary amides is 1. The van der Waals surface area contributed by atoms with Crippen LogP contribution in [0.25, 0.3) is 0 Å². The molecule has 1 unspecified atom stereocenters. The van der Waals surface area contributed by atoms with Crippen LogP contribution < -0.4 is 16.8 Å². The summed E-state index contributed by atoms with van der Waals surface area (Å²) in [6.45, 7) is 2.99. The molecule has 0 aliphatic heterocycles. The van der Waals surface area contributed by atoms with Gasteiger partial charge in [-0.3, -0.25) is 4.79 Å². The Hall–Kier alpha value is -1.82. The zero-order valence-corrected chi connectivity index (χ0v) is 11.1. The zero-order chi connectivity index (χ0) is 13.7. The molecule has 1 rings (SSSR count). The second kappa shape index (κ2) is 6.20. The molecule has 0 fully saturated rings. The summed E-state index contributed by atoms with van der Waals surface area (Å²) in [6, 6.07) is 1.73. The maximum absolute atomic E-state index is 11.3. The van der Waals surface area contributed by atoms with Crippen LogP contribution in [0, 0.1) is 0 Å². The van der Waals surface area contributed by atoms with E-state index in [2.05, 4.69) is 15.2 Å². The Morgan fingerprint density at radius 2 is 2.22 bits per heavy atom. The maximum atomic E-state index is 11.3. The van der Waals surface area contributed by atoms with Crippen molar-refractivity contribution in [1.82, 2.24) is 9.88 Å². The number of carbonyl (C=O) groups excluding carboxylic acids is 1. The van der Waals surface area contributed by atoms with Crippen LogP contribution in [-0.2, 0) is 0 Å². The largest absolute Gasteiger partial charge is 0.397 e. The number of nitrogens with two attached hydrogens (primary N) is 2. The summed E-state index contributed by atoms with van der Waals surface area (Å²) >= 11 is 0. The average Bonchev–Trinajstić information content (AvgIpc) is 2.28. The van der Waals surface area contributed by atoms with Gasteiger partial charge in [0.1, 0.15) is 5.82 Å². The second-order valence-electron chi connectivity index (χ2n) is 4.67. The Morgan fingerprint density at radius 3 is 2.78 bits per heavy atom. The topological polar surface area (TPSA) is 97.3 Å². The SMILES string of the molecule is CC(CCN(C)C)Nc1ncc(N)cc1C(N)=O. The molecule has 1 aromatic rings. The van der Waals surface area contributed by atoms with E-state index in [0.29, 0.717) is 17.1 Å². The Balaban J connectivity index is 2.74. The van der Waals surface area contributed by atoms with E-state index < -0.39 is 5.91 Å². The number of amides is 1. The highest BCUT2D eigenvalue weighted by Crippen LogP contribution is 2.16. The molecule has 0 spiro atoms. The summed E-state index contributed by atoms with van der Waals surface area (Å²) in [5, 5.41) is 3.18. The van der Waals surface area contributed by atoms with E-state index in [-0.39, 0.29) is 6.04 Å². The fourth-order valence-electron chi connectivity index (χ4n) is 1.54. The molecule has 100 valence electrons. The zero-order valence-electron chi connectivity index (χ0n) is 11.1. The van der Waals surface area contributed by atoms with Gasteiger partial charge in [-0.05, 0) is 40.1 Å². The Labute approximate surface area is 107 Å². The third-order valence-electron chi connectivity index (χ3n) is 2.57. The van der Waals surface area contributed by atoms with Crippen molar-refractivity contribution in [3.8, 4) is 0 Å². The highest BCUT2D eigenvalue weighted by atomic mass is 16.1. The Kier molecular flexibility index (Phi) is 4.91. The molecule has 0 aromatic carbocycles. The second-order valence-corrected chi connectivity index (χ2v) is 4.67. The molecule has 0 aliphatic rings. The number of aromatic nitrogens is 1. The standard InChI is InChI=1S/C12H21N5O/c1-8(4-5-17(2)3)16-12-10(11(14)18)6-9(13)7-15-12/h6-8H,4-5,13H2,1-3H3,(H2,14,18)(H,15,16). The van der Waals surface area contributed by atoms with E-state index in [9.17, 15) is 4.79 Å². The molecule has 0 aliphatic carbocycles. The van der Waals surface area contributed by atoms with Crippen LogP contribution in [0.15, 0.2) is 12.3 Å². The van der Waals surface area contributed by atoms with Crippen LogP contribution in [0.1, 0.15) is 23.7 Å². The van der Waals surface area contributed by atoms with Gasteiger partial charge < -0.3 is 21.7 Å². The summed E-state index contributed by atoms with van der Waals surface area (Å²) in [6.07, 6.45) is 2.45. The van der Waals surface area contributed by atoms with Crippen LogP contribution in [-0.4, -0.2) is 42.5 Å². The summed E-state index contributed by atoms with van der Waals surface area (Å²) in [5.74, 6) is -0.0416. The van der Waals surface area contributed by atoms with Gasteiger partial charge in [0, 0.05) is 6.04 Å². The Bertz CT molecular complexity index is 419. The first-order valence-corrected chi connectivity index (χ1v) is 5.86. The molecular formula is C12H21N5O. The molecule has 1 amide bonds. The fraction of sp³-hybridized carbons (Fsp3) is 0.500. The van der Waals surface area contributed by atoms with E-state index in [4.69, 9.17) is 11.5 Å². The number of carbonyl (C=O) groups is 1. The molecule has 6 heteroatoms. The highest BCUT2D eigenvalue weighted by molar-refractivity contribution is 5.98. The van der Waals surface area contributed by atoms with E-state index in [1.807, 2.05) is 21.0 Å². The number of anilines is 2. The summed E-state index contributed by atoms with van der Waals surface area (Å²) < 4.78 is 0. The number of rotatable bonds is 6. The number of pyridine rings is 1. The van der Waals surface area contributed by atoms with E-state index in [0.717, 1.165) is 13.0 Å². The molecule has 0 radical (unpaired) electrons. The predicted octanol–water partition coefficient (Wildman–Crippen LogP) is 0.515. The van der Waals surface area contributed by atoms with Gasteiger partial charge in [0.2, 0.25) is 0 Å². The molecule has 18 heavy (non-hydrogen) atoms. The smallest absolute Gasteiger partial charge is 0.252 e. The van der Waals surface area contributed by atoms with Gasteiger partial charge in [0.25, 0.3) is 5.91 Å². The maximum Gasteiger partial charge on any atom is 0.252 e. The first kappa shape index (κ1) is 14.2. The molecule has 1 heterocycles. The first-order valence-electron chi connectivity index (χ1n) is 5.86. The monoisotopic (exact) mass is 251 g/mol. The molecular weight excluding hydrogens is 230 g/mol. The molecule has 0 saturated carbocycles. The lowest BCUT2D eigenvalue weighted by Crippen LogP contribution is -2.25. The average molecular weight is 251 g/mol. The van der Waals surface area contributed by atoms with Gasteiger partial charge in [-0.1, -0.05) is 0 Å². The third-order valence-corrected chi connectivity index (χ3v) is 2.57. The van der Waals surface area contributed by atoms with Gasteiger partial charge in [-0.15, -0.1) is 0 Å². The minimum Gasteiger partial charge on any atom is -0.397 e. The van der Waals surface area contributed by atoms with Gasteiger partial charge >= 0.3 is 0 Å². The summed E-state index contributed by atoms with van der Waals surface area (Å²) in [7, 11) is 4.03. The first-order chi connectivity index (χ1) is 8.40. The van der Waals surface area contributed by atoms with Crippen molar-refractivity contribution < 1.29 is 4.79 Å². The molecule has 6 nitrogen and oxygen atoms in total. The van der Waals surface area contributed by atoms with Crippen LogP contribution in [0.5, 0.6) is 0 Å². The predicted molar refractivity (Wildman–Crippen MR) is 73.4 cm³/mol. The van der Waals surface area contributed by atoms with E-state index >= 15 is 0 Å². The molecule has 1 atom stereocenters. The number of nitrogens with one attached hydrogen (secondary N) is 1. The Morgan fingerprint density at radius 1 is 1.56 bits per heavy atom. The van der Waals surface area contributed by atoms with Crippen molar-refractivity contribution >= 4 is 17.4 Å². The van der Waals surface area contributed by atoms with Crippen molar-refractivity contribution in [3.63, 3.8) is 0 Å². The van der Waals surface area contributed by atoms with Crippen molar-refractivity contribution in [1.29, 1.82) is 0 Å². The van der Waals surface area contributed by atoms with Gasteiger partial charge in [0.15, 0.2) is 0 Å². The molecule has 1 aromatic heterocycles. The van der Waals surface area contributed by atoms with Gasteiger partial charge in [0.05, 0.1) is 17.4 Å². The fourth-order valence-corrected chi connectivity index (χ4v) is 1.54. The summed E-state index contributed by atoms with van der Waals surface area (Å²) in [5.41, 5.74) is 11.6. The minimum atomic E-state index is -0.530. The van der Waals surface area contributed by atoms with Crippen LogP contribution in [0.4, 0.5) is 11.5 Å². The molecule has 0 saturated heterocycles. The normalized spacial score (nSPS) is 12.4. The van der Waals surface area contributed by atoms with E-state index in [1.54, 1.807) is 0 Å². The summed E-state index contributed by atoms with van der Waals surface area (Å²) in [4.78, 5) is 17.5. The van der Waals surface area contributed by atoms with E-state index in [1.165, 1.54) is 12.3 Å². The van der Waals surface area contributed by atoms with Crippen molar-refractivity contribution in [2.75, 3.05) is 31.7 Å². The van der Waals surface area contributed by atoms with Crippen molar-refractivity contribution in [2.45, 2.75) is 19.4 Å². The number of nitrogens with zero attached hydrogens (tertiary/aromatic N) is 2.